The van der Waals surface area contributed by atoms with Crippen molar-refractivity contribution in [1.82, 2.24) is 5.43 Å². The van der Waals surface area contributed by atoms with E-state index in [9.17, 15) is 19.8 Å². The lowest BCUT2D eigenvalue weighted by Crippen LogP contribution is -2.17. The Morgan fingerprint density at radius 3 is 2.50 bits per heavy atom. The summed E-state index contributed by atoms with van der Waals surface area (Å²) in [5, 5.41) is 25.4. The number of aromatic hydroxyl groups is 2. The van der Waals surface area contributed by atoms with Crippen molar-refractivity contribution in [1.29, 1.82) is 0 Å². The quantitative estimate of drug-likeness (QED) is 0.452. The number of phenols is 2. The maximum Gasteiger partial charge on any atom is 0.271 e. The minimum absolute atomic E-state index is 0.0534. The van der Waals surface area contributed by atoms with Gasteiger partial charge in [-0.05, 0) is 42.8 Å². The molecule has 0 bridgehead atoms. The van der Waals surface area contributed by atoms with Gasteiger partial charge in [-0.1, -0.05) is 13.3 Å². The monoisotopic (exact) mass is 355 g/mol. The molecule has 0 saturated carbocycles. The number of nitrogens with one attached hydrogen (secondary N) is 2. The van der Waals surface area contributed by atoms with Gasteiger partial charge in [0, 0.05) is 29.3 Å². The van der Waals surface area contributed by atoms with E-state index in [0.717, 1.165) is 12.8 Å². The van der Waals surface area contributed by atoms with Crippen LogP contribution < -0.4 is 10.7 Å². The maximum absolute atomic E-state index is 12.0. The number of nitrogens with zero attached hydrogens (tertiary/aromatic N) is 1. The smallest absolute Gasteiger partial charge is 0.271 e. The van der Waals surface area contributed by atoms with Gasteiger partial charge < -0.3 is 15.5 Å². The number of amides is 2. The Kier molecular flexibility index (Phi) is 6.73. The van der Waals surface area contributed by atoms with Crippen LogP contribution in [0, 0.1) is 0 Å². The molecule has 0 aliphatic heterocycles. The lowest BCUT2D eigenvalue weighted by Gasteiger charge is -2.06. The molecule has 0 heterocycles. The zero-order chi connectivity index (χ0) is 18.9. The summed E-state index contributed by atoms with van der Waals surface area (Å²) in [5.74, 6) is -0.692. The van der Waals surface area contributed by atoms with Gasteiger partial charge in [0.2, 0.25) is 5.91 Å². The summed E-state index contributed by atoms with van der Waals surface area (Å²) in [6, 6.07) is 10.5. The Morgan fingerprint density at radius 1 is 1.12 bits per heavy atom. The lowest BCUT2D eigenvalue weighted by atomic mass is 10.2. The van der Waals surface area contributed by atoms with Crippen LogP contribution in [0.5, 0.6) is 11.5 Å². The minimum atomic E-state index is -0.427. The van der Waals surface area contributed by atoms with Crippen molar-refractivity contribution in [3.05, 3.63) is 53.6 Å². The highest BCUT2D eigenvalue weighted by molar-refractivity contribution is 5.96. The van der Waals surface area contributed by atoms with Crippen LogP contribution in [0.25, 0.3) is 0 Å². The molecule has 4 N–H and O–H groups in total. The van der Waals surface area contributed by atoms with Crippen molar-refractivity contribution in [2.24, 2.45) is 5.10 Å². The fourth-order valence-corrected chi connectivity index (χ4v) is 2.13. The molecule has 0 aliphatic carbocycles. The molecular formula is C19H21N3O4. The number of unbranched alkanes of at least 4 members (excludes halogenated alkanes) is 1. The van der Waals surface area contributed by atoms with Crippen molar-refractivity contribution in [3.8, 4) is 11.5 Å². The highest BCUT2D eigenvalue weighted by Gasteiger charge is 2.06. The second-order valence-corrected chi connectivity index (χ2v) is 5.67. The lowest BCUT2D eigenvalue weighted by molar-refractivity contribution is -0.116. The van der Waals surface area contributed by atoms with Gasteiger partial charge >= 0.3 is 0 Å². The van der Waals surface area contributed by atoms with Crippen LogP contribution in [0.3, 0.4) is 0 Å². The molecule has 26 heavy (non-hydrogen) atoms. The van der Waals surface area contributed by atoms with Crippen LogP contribution in [-0.4, -0.2) is 28.2 Å². The SMILES string of the molecule is CCCCC(=O)Nc1ccc(C(=O)NN=Cc2ccc(O)cc2O)cc1. The van der Waals surface area contributed by atoms with Crippen LogP contribution in [0.15, 0.2) is 47.6 Å². The molecule has 2 aromatic rings. The molecule has 0 radical (unpaired) electrons. The number of carbonyl (C=O) groups excluding carboxylic acids is 2. The summed E-state index contributed by atoms with van der Waals surface area (Å²) < 4.78 is 0. The van der Waals surface area contributed by atoms with Crippen LogP contribution in [0.1, 0.15) is 42.1 Å². The molecule has 7 nitrogen and oxygen atoms in total. The van der Waals surface area contributed by atoms with Crippen molar-refractivity contribution >= 4 is 23.7 Å². The van der Waals surface area contributed by atoms with Gasteiger partial charge in [-0.25, -0.2) is 5.43 Å². The molecule has 2 rings (SSSR count). The molecule has 136 valence electrons. The third kappa shape index (κ3) is 5.62. The zero-order valence-electron chi connectivity index (χ0n) is 14.4. The van der Waals surface area contributed by atoms with Gasteiger partial charge in [-0.3, -0.25) is 9.59 Å². The molecule has 0 aromatic heterocycles. The minimum Gasteiger partial charge on any atom is -0.508 e. The topological polar surface area (TPSA) is 111 Å². The Hall–Kier alpha value is -3.35. The fourth-order valence-electron chi connectivity index (χ4n) is 2.13. The molecular weight excluding hydrogens is 334 g/mol. The van der Waals surface area contributed by atoms with Crippen LogP contribution in [0.4, 0.5) is 5.69 Å². The van der Waals surface area contributed by atoms with Crippen molar-refractivity contribution in [2.45, 2.75) is 26.2 Å². The first-order valence-electron chi connectivity index (χ1n) is 8.25. The third-order valence-electron chi connectivity index (χ3n) is 3.57. The van der Waals surface area contributed by atoms with Gasteiger partial charge in [-0.2, -0.15) is 5.10 Å². The van der Waals surface area contributed by atoms with E-state index in [1.165, 1.54) is 24.4 Å². The molecule has 7 heteroatoms. The average Bonchev–Trinajstić information content (AvgIpc) is 2.62. The van der Waals surface area contributed by atoms with E-state index in [-0.39, 0.29) is 17.4 Å². The number of benzene rings is 2. The number of rotatable bonds is 7. The van der Waals surface area contributed by atoms with Gasteiger partial charge in [-0.15, -0.1) is 0 Å². The number of hydrogen-bond acceptors (Lipinski definition) is 5. The van der Waals surface area contributed by atoms with E-state index < -0.39 is 5.91 Å². The van der Waals surface area contributed by atoms with E-state index in [0.29, 0.717) is 23.2 Å². The number of anilines is 1. The maximum atomic E-state index is 12.0. The standard InChI is InChI=1S/C19H21N3O4/c1-2-3-4-18(25)21-15-8-5-13(6-9-15)19(26)22-20-12-14-7-10-16(23)11-17(14)24/h5-12,23-24H,2-4H2,1H3,(H,21,25)(H,22,26). The van der Waals surface area contributed by atoms with Crippen molar-refractivity contribution in [2.75, 3.05) is 5.32 Å². The van der Waals surface area contributed by atoms with Crippen molar-refractivity contribution in [3.63, 3.8) is 0 Å². The molecule has 0 unspecified atom stereocenters. The van der Waals surface area contributed by atoms with Gasteiger partial charge in [0.1, 0.15) is 11.5 Å². The zero-order valence-corrected chi connectivity index (χ0v) is 14.4. The van der Waals surface area contributed by atoms with Crippen molar-refractivity contribution < 1.29 is 19.8 Å². The first kappa shape index (κ1) is 19.0. The first-order valence-corrected chi connectivity index (χ1v) is 8.25. The highest BCUT2D eigenvalue weighted by atomic mass is 16.3. The van der Waals surface area contributed by atoms with Crippen LogP contribution >= 0.6 is 0 Å². The van der Waals surface area contributed by atoms with Gasteiger partial charge in [0.05, 0.1) is 6.21 Å². The molecule has 0 atom stereocenters. The summed E-state index contributed by atoms with van der Waals surface area (Å²) in [4.78, 5) is 23.7. The van der Waals surface area contributed by atoms with Crippen LogP contribution in [-0.2, 0) is 4.79 Å². The van der Waals surface area contributed by atoms with E-state index in [2.05, 4.69) is 15.8 Å². The summed E-state index contributed by atoms with van der Waals surface area (Å²) in [6.07, 6.45) is 3.53. The van der Waals surface area contributed by atoms with E-state index in [1.54, 1.807) is 24.3 Å². The van der Waals surface area contributed by atoms with E-state index in [4.69, 9.17) is 0 Å². The molecule has 2 aromatic carbocycles. The van der Waals surface area contributed by atoms with Crippen LogP contribution in [0.2, 0.25) is 0 Å². The third-order valence-corrected chi connectivity index (χ3v) is 3.57. The van der Waals surface area contributed by atoms with Gasteiger partial charge in [0.25, 0.3) is 5.91 Å². The molecule has 0 saturated heterocycles. The Labute approximate surface area is 151 Å². The predicted octanol–water partition coefficient (Wildman–Crippen LogP) is 2.99. The summed E-state index contributed by atoms with van der Waals surface area (Å²) in [6.45, 7) is 2.02. The normalized spacial score (nSPS) is 10.7. The van der Waals surface area contributed by atoms with Gasteiger partial charge in [0.15, 0.2) is 0 Å². The second-order valence-electron chi connectivity index (χ2n) is 5.67. The molecule has 0 aliphatic rings. The number of phenolic OH excluding ortho intramolecular Hbond substituents is 2. The fraction of sp³-hybridized carbons (Fsp3) is 0.211. The molecule has 0 fully saturated rings. The highest BCUT2D eigenvalue weighted by Crippen LogP contribution is 2.20. The van der Waals surface area contributed by atoms with E-state index in [1.807, 2.05) is 6.92 Å². The summed E-state index contributed by atoms with van der Waals surface area (Å²) in [5.41, 5.74) is 3.71. The Balaban J connectivity index is 1.91. The average molecular weight is 355 g/mol. The first-order chi connectivity index (χ1) is 12.5. The number of carbonyl (C=O) groups is 2. The Bertz CT molecular complexity index is 801. The second kappa shape index (κ2) is 9.22. The number of hydrazone groups is 1. The molecule has 2 amide bonds. The largest absolute Gasteiger partial charge is 0.508 e. The molecule has 0 spiro atoms. The number of hydrogen-bond donors (Lipinski definition) is 4. The Morgan fingerprint density at radius 2 is 1.85 bits per heavy atom. The summed E-state index contributed by atoms with van der Waals surface area (Å²) >= 11 is 0. The summed E-state index contributed by atoms with van der Waals surface area (Å²) in [7, 11) is 0. The predicted molar refractivity (Wildman–Crippen MR) is 99.4 cm³/mol. The van der Waals surface area contributed by atoms with E-state index >= 15 is 0 Å².